The lowest BCUT2D eigenvalue weighted by Gasteiger charge is -2.11. The van der Waals surface area contributed by atoms with Crippen molar-refractivity contribution in [3.8, 4) is 5.75 Å². The SMILES string of the molecule is COc1ccc(Nc2nc3nonc3nc2NCc2ccco2)cc1. The Kier molecular flexibility index (Phi) is 3.87. The molecule has 4 aromatic rings. The third-order valence-corrected chi connectivity index (χ3v) is 3.48. The van der Waals surface area contributed by atoms with Crippen LogP contribution in [0.25, 0.3) is 11.3 Å². The molecule has 0 atom stereocenters. The topological polar surface area (TPSA) is 111 Å². The molecule has 0 bridgehead atoms. The minimum absolute atomic E-state index is 0.319. The zero-order valence-electron chi connectivity index (χ0n) is 13.3. The summed E-state index contributed by atoms with van der Waals surface area (Å²) in [4.78, 5) is 8.80. The molecule has 0 aliphatic rings. The molecule has 2 N–H and O–H groups in total. The van der Waals surface area contributed by atoms with Gasteiger partial charge in [-0.3, -0.25) is 0 Å². The number of rotatable bonds is 6. The fourth-order valence-electron chi connectivity index (χ4n) is 2.24. The van der Waals surface area contributed by atoms with Crippen LogP contribution in [0.1, 0.15) is 5.76 Å². The van der Waals surface area contributed by atoms with E-state index in [-0.39, 0.29) is 0 Å². The molecule has 0 amide bonds. The highest BCUT2D eigenvalue weighted by atomic mass is 16.6. The molecule has 3 aromatic heterocycles. The van der Waals surface area contributed by atoms with E-state index in [1.807, 2.05) is 36.4 Å². The van der Waals surface area contributed by atoms with Gasteiger partial charge in [-0.25, -0.2) is 14.6 Å². The minimum atomic E-state index is 0.319. The van der Waals surface area contributed by atoms with Crippen LogP contribution in [0.3, 0.4) is 0 Å². The number of nitrogens with one attached hydrogen (secondary N) is 2. The molecule has 25 heavy (non-hydrogen) atoms. The number of ether oxygens (including phenoxy) is 1. The molecular formula is C16H14N6O3. The van der Waals surface area contributed by atoms with E-state index in [1.54, 1.807) is 13.4 Å². The summed E-state index contributed by atoms with van der Waals surface area (Å²) in [6.07, 6.45) is 1.62. The third kappa shape index (κ3) is 3.20. The molecule has 3 heterocycles. The van der Waals surface area contributed by atoms with Crippen molar-refractivity contribution in [2.45, 2.75) is 6.54 Å². The average molecular weight is 338 g/mol. The van der Waals surface area contributed by atoms with Gasteiger partial charge >= 0.3 is 0 Å². The fraction of sp³-hybridized carbons (Fsp3) is 0.125. The molecule has 0 aliphatic heterocycles. The number of furan rings is 1. The fourth-order valence-corrected chi connectivity index (χ4v) is 2.24. The largest absolute Gasteiger partial charge is 0.497 e. The van der Waals surface area contributed by atoms with E-state index in [4.69, 9.17) is 13.8 Å². The van der Waals surface area contributed by atoms with Gasteiger partial charge in [-0.15, -0.1) is 0 Å². The number of hydrogen-bond donors (Lipinski definition) is 2. The normalized spacial score (nSPS) is 10.8. The van der Waals surface area contributed by atoms with Gasteiger partial charge in [0.2, 0.25) is 11.3 Å². The predicted molar refractivity (Wildman–Crippen MR) is 89.7 cm³/mol. The van der Waals surface area contributed by atoms with Crippen LogP contribution in [-0.4, -0.2) is 27.4 Å². The maximum atomic E-state index is 5.32. The Bertz CT molecular complexity index is 965. The lowest BCUT2D eigenvalue weighted by Crippen LogP contribution is -2.06. The highest BCUT2D eigenvalue weighted by molar-refractivity contribution is 5.76. The molecule has 0 fully saturated rings. The number of benzene rings is 1. The van der Waals surface area contributed by atoms with Gasteiger partial charge in [-0.05, 0) is 46.7 Å². The molecule has 126 valence electrons. The van der Waals surface area contributed by atoms with E-state index >= 15 is 0 Å². The van der Waals surface area contributed by atoms with Crippen LogP contribution >= 0.6 is 0 Å². The van der Waals surface area contributed by atoms with Crippen molar-refractivity contribution >= 4 is 28.6 Å². The second-order valence-electron chi connectivity index (χ2n) is 5.12. The molecule has 0 aliphatic carbocycles. The van der Waals surface area contributed by atoms with E-state index in [1.165, 1.54) is 0 Å². The van der Waals surface area contributed by atoms with Crippen molar-refractivity contribution in [1.29, 1.82) is 0 Å². The first kappa shape index (κ1) is 14.9. The minimum Gasteiger partial charge on any atom is -0.497 e. The molecule has 0 radical (unpaired) electrons. The van der Waals surface area contributed by atoms with Crippen molar-refractivity contribution < 1.29 is 13.8 Å². The summed E-state index contributed by atoms with van der Waals surface area (Å²) in [6.45, 7) is 0.454. The monoisotopic (exact) mass is 338 g/mol. The van der Waals surface area contributed by atoms with Gasteiger partial charge in [0.15, 0.2) is 11.6 Å². The standard InChI is InChI=1S/C16H14N6O3/c1-23-11-6-4-10(5-7-11)18-14-13(17-9-12-3-2-8-24-12)19-15-16(20-14)22-25-21-15/h2-8H,9H2,1H3,(H,17,19,21)(H,18,20,22). The zero-order valence-corrected chi connectivity index (χ0v) is 13.3. The van der Waals surface area contributed by atoms with E-state index in [9.17, 15) is 0 Å². The van der Waals surface area contributed by atoms with Crippen LogP contribution < -0.4 is 15.4 Å². The van der Waals surface area contributed by atoms with Crippen LogP contribution in [0.5, 0.6) is 5.75 Å². The number of aromatic nitrogens is 4. The Morgan fingerprint density at radius 2 is 1.76 bits per heavy atom. The summed E-state index contributed by atoms with van der Waals surface area (Å²) in [7, 11) is 1.62. The number of nitrogens with zero attached hydrogens (tertiary/aromatic N) is 4. The van der Waals surface area contributed by atoms with Gasteiger partial charge in [0, 0.05) is 5.69 Å². The summed E-state index contributed by atoms with van der Waals surface area (Å²) >= 11 is 0. The summed E-state index contributed by atoms with van der Waals surface area (Å²) in [5.41, 5.74) is 1.47. The van der Waals surface area contributed by atoms with Crippen LogP contribution in [0.4, 0.5) is 17.3 Å². The Hall–Kier alpha value is -3.62. The summed E-state index contributed by atoms with van der Waals surface area (Å²) in [5.74, 6) is 2.55. The first-order chi connectivity index (χ1) is 12.3. The smallest absolute Gasteiger partial charge is 0.245 e. The average Bonchev–Trinajstić information content (AvgIpc) is 3.31. The molecule has 9 heteroatoms. The van der Waals surface area contributed by atoms with E-state index in [0.717, 1.165) is 17.2 Å². The summed E-state index contributed by atoms with van der Waals surface area (Å²) < 4.78 is 15.2. The second kappa shape index (κ2) is 6.48. The van der Waals surface area contributed by atoms with Crippen molar-refractivity contribution in [3.05, 3.63) is 48.4 Å². The Morgan fingerprint density at radius 3 is 2.44 bits per heavy atom. The van der Waals surface area contributed by atoms with Crippen LogP contribution in [0, 0.1) is 0 Å². The van der Waals surface area contributed by atoms with Gasteiger partial charge in [-0.2, -0.15) is 0 Å². The van der Waals surface area contributed by atoms with Crippen LogP contribution in [-0.2, 0) is 6.54 Å². The molecule has 1 aromatic carbocycles. The quantitative estimate of drug-likeness (QED) is 0.548. The molecule has 9 nitrogen and oxygen atoms in total. The van der Waals surface area contributed by atoms with Crippen molar-refractivity contribution in [3.63, 3.8) is 0 Å². The number of methoxy groups -OCH3 is 1. The molecule has 0 unspecified atom stereocenters. The van der Waals surface area contributed by atoms with E-state index in [0.29, 0.717) is 29.5 Å². The van der Waals surface area contributed by atoms with Crippen LogP contribution in [0.2, 0.25) is 0 Å². The van der Waals surface area contributed by atoms with Crippen LogP contribution in [0.15, 0.2) is 51.7 Å². The molecular weight excluding hydrogens is 324 g/mol. The highest BCUT2D eigenvalue weighted by Crippen LogP contribution is 2.25. The van der Waals surface area contributed by atoms with Crippen molar-refractivity contribution in [2.24, 2.45) is 0 Å². The molecule has 0 saturated carbocycles. The van der Waals surface area contributed by atoms with E-state index < -0.39 is 0 Å². The Balaban J connectivity index is 1.63. The highest BCUT2D eigenvalue weighted by Gasteiger charge is 2.13. The maximum Gasteiger partial charge on any atom is 0.245 e. The zero-order chi connectivity index (χ0) is 17.1. The first-order valence-corrected chi connectivity index (χ1v) is 7.49. The van der Waals surface area contributed by atoms with Gasteiger partial charge in [-0.1, -0.05) is 0 Å². The molecule has 0 saturated heterocycles. The lowest BCUT2D eigenvalue weighted by atomic mass is 10.3. The number of fused-ring (bicyclic) bond motifs is 1. The van der Waals surface area contributed by atoms with Gasteiger partial charge < -0.3 is 19.8 Å². The summed E-state index contributed by atoms with van der Waals surface area (Å²) in [5, 5.41) is 13.8. The third-order valence-electron chi connectivity index (χ3n) is 3.48. The molecule has 0 spiro atoms. The Labute approximate surface area is 142 Å². The predicted octanol–water partition coefficient (Wildman–Crippen LogP) is 2.97. The van der Waals surface area contributed by atoms with Gasteiger partial charge in [0.25, 0.3) is 0 Å². The summed E-state index contributed by atoms with van der Waals surface area (Å²) in [6, 6.07) is 11.1. The van der Waals surface area contributed by atoms with Gasteiger partial charge in [0.05, 0.1) is 19.9 Å². The lowest BCUT2D eigenvalue weighted by molar-refractivity contribution is 0.314. The second-order valence-corrected chi connectivity index (χ2v) is 5.12. The molecule has 4 rings (SSSR count). The number of anilines is 3. The van der Waals surface area contributed by atoms with Crippen molar-refractivity contribution in [1.82, 2.24) is 20.3 Å². The van der Waals surface area contributed by atoms with Gasteiger partial charge in [0.1, 0.15) is 11.5 Å². The Morgan fingerprint density at radius 1 is 1.00 bits per heavy atom. The van der Waals surface area contributed by atoms with E-state index in [2.05, 4.69) is 30.9 Å². The van der Waals surface area contributed by atoms with Crippen molar-refractivity contribution in [2.75, 3.05) is 17.7 Å². The maximum absolute atomic E-state index is 5.32. The first-order valence-electron chi connectivity index (χ1n) is 7.49. The number of hydrogen-bond acceptors (Lipinski definition) is 9.